The summed E-state index contributed by atoms with van der Waals surface area (Å²) in [6.45, 7) is 0. The van der Waals surface area contributed by atoms with Gasteiger partial charge in [-0.2, -0.15) is 0 Å². The number of halogens is 1. The number of rotatable bonds is 2. The molecule has 2 aromatic carbocycles. The van der Waals surface area contributed by atoms with E-state index in [1.165, 1.54) is 0 Å². The predicted molar refractivity (Wildman–Crippen MR) is 78.6 cm³/mol. The average Bonchev–Trinajstić information content (AvgIpc) is 2.58. The van der Waals surface area contributed by atoms with Crippen molar-refractivity contribution < 1.29 is 14.6 Å². The minimum atomic E-state index is 0.936. The maximum absolute atomic E-state index is 4.65. The molecule has 0 bridgehead atoms. The molecule has 0 unspecified atom stereocenters. The third-order valence-electron chi connectivity index (χ3n) is 2.72. The van der Waals surface area contributed by atoms with Crippen LogP contribution in [0.1, 0.15) is 0 Å². The first-order valence-electron chi connectivity index (χ1n) is 5.97. The third kappa shape index (κ3) is 3.69. The van der Waals surface area contributed by atoms with Crippen LogP contribution in [0.2, 0.25) is 0 Å². The van der Waals surface area contributed by atoms with Crippen molar-refractivity contribution in [1.29, 1.82) is 0 Å². The van der Waals surface area contributed by atoms with Crippen molar-refractivity contribution in [3.63, 3.8) is 0 Å². The van der Waals surface area contributed by atoms with Gasteiger partial charge in [-0.3, -0.25) is 0 Å². The maximum atomic E-state index is 4.65. The van der Waals surface area contributed by atoms with Gasteiger partial charge in [0.25, 0.3) is 0 Å². The number of aromatic nitrogens is 1. The zero-order chi connectivity index (χ0) is 14.2. The third-order valence-corrected chi connectivity index (χ3v) is 2.72. The molecule has 1 nitrogen and oxygen atoms in total. The Balaban J connectivity index is 0.000000704. The van der Waals surface area contributed by atoms with Gasteiger partial charge < -0.3 is 4.98 Å². The Morgan fingerprint density at radius 3 is 1.60 bits per heavy atom. The maximum Gasteiger partial charge on any atom is -0.0227 e. The van der Waals surface area contributed by atoms with Crippen molar-refractivity contribution in [2.75, 3.05) is 0 Å². The van der Waals surface area contributed by atoms with Crippen LogP contribution in [0.5, 0.6) is 0 Å². The molecule has 20 heavy (non-hydrogen) atoms. The Bertz CT molecular complexity index is 587. The molecule has 0 atom stereocenters. The Labute approximate surface area is 131 Å². The summed E-state index contributed by atoms with van der Waals surface area (Å²) < 4.78 is 0. The van der Waals surface area contributed by atoms with Gasteiger partial charge in [-0.25, -0.2) is 0 Å². The number of benzene rings is 2. The van der Waals surface area contributed by atoms with E-state index in [4.69, 9.17) is 0 Å². The van der Waals surface area contributed by atoms with Gasteiger partial charge in [-0.15, -0.1) is 71.8 Å². The van der Waals surface area contributed by atoms with Gasteiger partial charge in [0.1, 0.15) is 0 Å². The van der Waals surface area contributed by atoms with Gasteiger partial charge in [0.2, 0.25) is 0 Å². The van der Waals surface area contributed by atoms with Crippen molar-refractivity contribution in [1.82, 2.24) is 4.98 Å². The predicted octanol–water partition coefficient (Wildman–Crippen LogP) is 4.70. The second-order valence-electron chi connectivity index (χ2n) is 3.96. The molecule has 3 heteroatoms. The Hall–Kier alpha value is -1.63. The SMILES string of the molecule is [Cl][Ni].[c-]1ccccc1-c1cccc(-c2[c-]cccc2)n1. The molecule has 103 valence electrons. The Morgan fingerprint density at radius 1 is 0.700 bits per heavy atom. The molecule has 0 radical (unpaired) electrons. The zero-order valence-corrected chi connectivity index (χ0v) is 12.2. The fourth-order valence-corrected chi connectivity index (χ4v) is 1.84. The molecule has 0 aliphatic heterocycles. The van der Waals surface area contributed by atoms with Gasteiger partial charge in [-0.1, -0.05) is 18.2 Å². The summed E-state index contributed by atoms with van der Waals surface area (Å²) in [7, 11) is 4.26. The van der Waals surface area contributed by atoms with Crippen molar-refractivity contribution in [3.05, 3.63) is 78.9 Å². The van der Waals surface area contributed by atoms with Gasteiger partial charge in [0, 0.05) is 0 Å². The topological polar surface area (TPSA) is 12.9 Å². The summed E-state index contributed by atoms with van der Waals surface area (Å²) in [6.07, 6.45) is 0. The molecule has 1 aromatic heterocycles. The van der Waals surface area contributed by atoms with Crippen molar-refractivity contribution in [2.45, 2.75) is 0 Å². The fraction of sp³-hybridized carbons (Fsp3) is 0. The van der Waals surface area contributed by atoms with Crippen LogP contribution >= 0.6 is 10.2 Å². The van der Waals surface area contributed by atoms with Gasteiger partial charge in [-0.05, 0) is 11.4 Å². The normalized spacial score (nSPS) is 9.55. The van der Waals surface area contributed by atoms with E-state index < -0.39 is 0 Å². The van der Waals surface area contributed by atoms with E-state index in [2.05, 4.69) is 41.9 Å². The average molecular weight is 323 g/mol. The molecule has 1 heterocycles. The van der Waals surface area contributed by atoms with E-state index in [0.29, 0.717) is 0 Å². The summed E-state index contributed by atoms with van der Waals surface area (Å²) in [5, 5.41) is 0. The van der Waals surface area contributed by atoms with Crippen LogP contribution < -0.4 is 0 Å². The van der Waals surface area contributed by atoms with Crippen LogP contribution in [0.15, 0.2) is 66.7 Å². The van der Waals surface area contributed by atoms with Gasteiger partial charge in [0.05, 0.1) is 0 Å². The van der Waals surface area contributed by atoms with Crippen LogP contribution in [-0.2, 0) is 14.6 Å². The largest absolute Gasteiger partial charge is 0.345 e. The van der Waals surface area contributed by atoms with Crippen LogP contribution in [0.3, 0.4) is 0 Å². The summed E-state index contributed by atoms with van der Waals surface area (Å²) in [5.74, 6) is 0. The molecule has 0 amide bonds. The molecule has 3 rings (SSSR count). The standard InChI is InChI=1S/C17H11N.ClH.Ni/c1-3-8-14(9-4-1)16-12-7-13-17(18-16)15-10-5-2-6-11-15;;/h1-8,10,12-13H;1H;/q-2;;+1/p-1. The number of pyridine rings is 1. The van der Waals surface area contributed by atoms with E-state index in [1.54, 1.807) is 0 Å². The van der Waals surface area contributed by atoms with Crippen LogP contribution in [0.25, 0.3) is 22.5 Å². The molecule has 3 aromatic rings. The van der Waals surface area contributed by atoms with Crippen molar-refractivity contribution >= 4 is 10.2 Å². The first kappa shape index (κ1) is 14.8. The van der Waals surface area contributed by atoms with E-state index in [1.807, 2.05) is 66.7 Å². The molecular weight excluding hydrogens is 312 g/mol. The van der Waals surface area contributed by atoms with E-state index >= 15 is 0 Å². The van der Waals surface area contributed by atoms with E-state index in [9.17, 15) is 0 Å². The monoisotopic (exact) mass is 322 g/mol. The quantitative estimate of drug-likeness (QED) is 0.492. The first-order valence-corrected chi connectivity index (χ1v) is 7.32. The number of nitrogens with zero attached hydrogens (tertiary/aromatic N) is 1. The molecule has 0 saturated carbocycles. The number of hydrogen-bond acceptors (Lipinski definition) is 1. The minimum absolute atomic E-state index is 0.936. The minimum Gasteiger partial charge on any atom is -0.345 e. The summed E-state index contributed by atoms with van der Waals surface area (Å²) >= 11 is 3.35. The molecule has 0 fully saturated rings. The van der Waals surface area contributed by atoms with Crippen LogP contribution in [0, 0.1) is 12.1 Å². The molecule has 0 spiro atoms. The second kappa shape index (κ2) is 7.84. The zero-order valence-electron chi connectivity index (χ0n) is 10.5. The Morgan fingerprint density at radius 2 is 1.20 bits per heavy atom. The van der Waals surface area contributed by atoms with E-state index in [0.717, 1.165) is 22.5 Å². The molecule has 0 aliphatic carbocycles. The molecule has 0 saturated heterocycles. The second-order valence-corrected chi connectivity index (χ2v) is 3.96. The summed E-state index contributed by atoms with van der Waals surface area (Å²) in [5.41, 5.74) is 3.89. The van der Waals surface area contributed by atoms with Crippen molar-refractivity contribution in [2.24, 2.45) is 0 Å². The van der Waals surface area contributed by atoms with E-state index in [-0.39, 0.29) is 0 Å². The Kier molecular flexibility index (Phi) is 5.79. The molecule has 0 N–H and O–H groups in total. The van der Waals surface area contributed by atoms with Crippen LogP contribution in [0.4, 0.5) is 0 Å². The summed E-state index contributed by atoms with van der Waals surface area (Å²) in [4.78, 5) is 4.65. The molecule has 0 aliphatic rings. The fourth-order valence-electron chi connectivity index (χ4n) is 1.84. The van der Waals surface area contributed by atoms with Crippen molar-refractivity contribution in [3.8, 4) is 22.5 Å². The molecular formula is C17H11ClNNi-2. The van der Waals surface area contributed by atoms with Gasteiger partial charge in [0.15, 0.2) is 0 Å². The van der Waals surface area contributed by atoms with Crippen LogP contribution in [-0.4, -0.2) is 4.98 Å². The smallest absolute Gasteiger partial charge is 0.0227 e. The number of hydrogen-bond donors (Lipinski definition) is 0. The first-order chi connectivity index (χ1) is 9.93. The van der Waals surface area contributed by atoms with Gasteiger partial charge >= 0.3 is 24.8 Å². The summed E-state index contributed by atoms with van der Waals surface area (Å²) in [6, 6.07) is 28.1.